The zero-order valence-electron chi connectivity index (χ0n) is 24.1. The van der Waals surface area contributed by atoms with E-state index < -0.39 is 17.2 Å². The summed E-state index contributed by atoms with van der Waals surface area (Å²) in [6, 6.07) is 13.4. The molecule has 3 heterocycles. The maximum absolute atomic E-state index is 14.8. The fourth-order valence-corrected chi connectivity index (χ4v) is 5.71. The summed E-state index contributed by atoms with van der Waals surface area (Å²) < 4.78 is 42.3. The van der Waals surface area contributed by atoms with Gasteiger partial charge in [0, 0.05) is 51.2 Å². The molecule has 0 bridgehead atoms. The van der Waals surface area contributed by atoms with E-state index in [2.05, 4.69) is 9.88 Å². The minimum Gasteiger partial charge on any atom is -0.444 e. The van der Waals surface area contributed by atoms with E-state index in [1.165, 1.54) is 6.07 Å². The first kappa shape index (κ1) is 29.2. The molecule has 0 unspecified atom stereocenters. The molecule has 2 aromatic carbocycles. The number of carbonyl (C=O) groups excluding carboxylic acids is 1. The lowest BCUT2D eigenvalue weighted by atomic mass is 9.90. The van der Waals surface area contributed by atoms with Gasteiger partial charge in [0.05, 0.1) is 11.7 Å². The number of aromatic nitrogens is 2. The molecule has 0 aliphatic carbocycles. The molecule has 9 heteroatoms. The van der Waals surface area contributed by atoms with Gasteiger partial charge in [-0.1, -0.05) is 30.3 Å². The van der Waals surface area contributed by atoms with Crippen LogP contribution in [0.3, 0.4) is 0 Å². The first-order valence-electron chi connectivity index (χ1n) is 14.5. The molecule has 1 N–H and O–H groups in total. The zero-order chi connectivity index (χ0) is 29.0. The zero-order valence-corrected chi connectivity index (χ0v) is 24.1. The SMILES string of the molecule is CC(C)(C)OC(=O)N1CC[C@H](CN[C@@H](c2nc(-c3cc(F)ccc3F)cn2Cc2ccccc2)C2CCOCC2)C1. The third-order valence-corrected chi connectivity index (χ3v) is 7.79. The summed E-state index contributed by atoms with van der Waals surface area (Å²) in [5, 5.41) is 3.79. The van der Waals surface area contributed by atoms with Crippen molar-refractivity contribution in [2.45, 2.75) is 58.2 Å². The number of ether oxygens (including phenoxy) is 2. The third kappa shape index (κ3) is 7.51. The van der Waals surface area contributed by atoms with Crippen LogP contribution >= 0.6 is 0 Å². The first-order valence-corrected chi connectivity index (χ1v) is 14.5. The number of amides is 1. The number of nitrogens with one attached hydrogen (secondary N) is 1. The summed E-state index contributed by atoms with van der Waals surface area (Å²) >= 11 is 0. The van der Waals surface area contributed by atoms with Crippen LogP contribution in [0.4, 0.5) is 13.6 Å². The summed E-state index contributed by atoms with van der Waals surface area (Å²) in [5.41, 5.74) is 1.11. The van der Waals surface area contributed by atoms with Crippen molar-refractivity contribution in [3.05, 3.63) is 77.8 Å². The van der Waals surface area contributed by atoms with Gasteiger partial charge in [-0.3, -0.25) is 0 Å². The Morgan fingerprint density at radius 1 is 1.12 bits per heavy atom. The maximum Gasteiger partial charge on any atom is 0.410 e. The molecule has 0 radical (unpaired) electrons. The van der Waals surface area contributed by atoms with Crippen LogP contribution in [0.25, 0.3) is 11.3 Å². The number of carbonyl (C=O) groups is 1. The van der Waals surface area contributed by atoms with Crippen LogP contribution in [0.1, 0.15) is 57.5 Å². The Labute approximate surface area is 240 Å². The van der Waals surface area contributed by atoms with Crippen LogP contribution < -0.4 is 5.32 Å². The van der Waals surface area contributed by atoms with Gasteiger partial charge >= 0.3 is 6.09 Å². The van der Waals surface area contributed by atoms with E-state index in [1.54, 1.807) is 4.90 Å². The molecule has 2 saturated heterocycles. The maximum atomic E-state index is 14.8. The summed E-state index contributed by atoms with van der Waals surface area (Å²) in [5.74, 6) is 0.305. The lowest BCUT2D eigenvalue weighted by Gasteiger charge is -2.32. The lowest BCUT2D eigenvalue weighted by Crippen LogP contribution is -2.38. The van der Waals surface area contributed by atoms with Crippen molar-refractivity contribution in [2.24, 2.45) is 11.8 Å². The fraction of sp³-hybridized carbons (Fsp3) is 0.500. The number of hydrogen-bond donors (Lipinski definition) is 1. The molecular weight excluding hydrogens is 526 g/mol. The van der Waals surface area contributed by atoms with Crippen LogP contribution in [0.2, 0.25) is 0 Å². The van der Waals surface area contributed by atoms with Crippen molar-refractivity contribution >= 4 is 6.09 Å². The molecule has 1 amide bonds. The summed E-state index contributed by atoms with van der Waals surface area (Å²) in [4.78, 5) is 19.4. The van der Waals surface area contributed by atoms with E-state index in [9.17, 15) is 13.6 Å². The number of halogens is 2. The Morgan fingerprint density at radius 2 is 1.88 bits per heavy atom. The van der Waals surface area contributed by atoms with Gasteiger partial charge in [-0.2, -0.15) is 0 Å². The Morgan fingerprint density at radius 3 is 2.61 bits per heavy atom. The van der Waals surface area contributed by atoms with Crippen LogP contribution in [-0.4, -0.2) is 59.0 Å². The van der Waals surface area contributed by atoms with E-state index in [-0.39, 0.29) is 29.5 Å². The molecule has 220 valence electrons. The first-order chi connectivity index (χ1) is 19.7. The van der Waals surface area contributed by atoms with Crippen molar-refractivity contribution < 1.29 is 23.0 Å². The number of rotatable bonds is 8. The summed E-state index contributed by atoms with van der Waals surface area (Å²) in [6.45, 7) is 9.50. The van der Waals surface area contributed by atoms with Crippen molar-refractivity contribution in [1.82, 2.24) is 19.8 Å². The van der Waals surface area contributed by atoms with Crippen LogP contribution in [-0.2, 0) is 16.0 Å². The van der Waals surface area contributed by atoms with Gasteiger partial charge in [-0.25, -0.2) is 18.6 Å². The molecule has 3 aromatic rings. The largest absolute Gasteiger partial charge is 0.444 e. The van der Waals surface area contributed by atoms with Crippen LogP contribution in [0.5, 0.6) is 0 Å². The highest BCUT2D eigenvalue weighted by Gasteiger charge is 2.33. The van der Waals surface area contributed by atoms with Crippen molar-refractivity contribution in [1.29, 1.82) is 0 Å². The Hall–Kier alpha value is -3.30. The van der Waals surface area contributed by atoms with Crippen LogP contribution in [0.15, 0.2) is 54.7 Å². The second-order valence-corrected chi connectivity index (χ2v) is 12.1. The van der Waals surface area contributed by atoms with E-state index in [0.29, 0.717) is 45.1 Å². The smallest absolute Gasteiger partial charge is 0.410 e. The molecule has 7 nitrogen and oxygen atoms in total. The van der Waals surface area contributed by atoms with Gasteiger partial charge in [0.1, 0.15) is 23.1 Å². The minimum absolute atomic E-state index is 0.122. The number of hydrogen-bond acceptors (Lipinski definition) is 5. The molecule has 2 aliphatic heterocycles. The van der Waals surface area contributed by atoms with Gasteiger partial charge in [0.25, 0.3) is 0 Å². The number of likely N-dealkylation sites (tertiary alicyclic amines) is 1. The molecule has 0 spiro atoms. The molecule has 2 aliphatic rings. The van der Waals surface area contributed by atoms with Gasteiger partial charge in [0.2, 0.25) is 0 Å². The van der Waals surface area contributed by atoms with Gasteiger partial charge in [-0.15, -0.1) is 0 Å². The van der Waals surface area contributed by atoms with E-state index in [1.807, 2.05) is 57.3 Å². The second kappa shape index (κ2) is 12.7. The van der Waals surface area contributed by atoms with E-state index in [4.69, 9.17) is 14.5 Å². The molecule has 1 aromatic heterocycles. The Balaban J connectivity index is 1.42. The molecule has 2 fully saturated rings. The molecule has 41 heavy (non-hydrogen) atoms. The highest BCUT2D eigenvalue weighted by atomic mass is 19.1. The molecule has 0 saturated carbocycles. The van der Waals surface area contributed by atoms with Crippen molar-refractivity contribution in [2.75, 3.05) is 32.8 Å². The number of imidazole rings is 1. The van der Waals surface area contributed by atoms with Gasteiger partial charge in [0.15, 0.2) is 0 Å². The standard InChI is InChI=1S/C32H40F2N4O3/c1-32(2,3)41-31(39)37-14-11-23(20-37)18-35-29(24-12-15-40-16-13-24)30-36-28(26-17-25(33)9-10-27(26)34)21-38(30)19-22-7-5-4-6-8-22/h4-10,17,21,23-24,29,35H,11-16,18-20H2,1-3H3/t23-,29-/m1/s1. The Kier molecular flexibility index (Phi) is 9.04. The normalized spacial score (nSPS) is 19.0. The summed E-state index contributed by atoms with van der Waals surface area (Å²) in [7, 11) is 0. The average Bonchev–Trinajstić information content (AvgIpc) is 3.58. The number of benzene rings is 2. The van der Waals surface area contributed by atoms with Crippen molar-refractivity contribution in [3.63, 3.8) is 0 Å². The lowest BCUT2D eigenvalue weighted by molar-refractivity contribution is 0.0286. The topological polar surface area (TPSA) is 68.6 Å². The number of nitrogens with zero attached hydrogens (tertiary/aromatic N) is 3. The van der Waals surface area contributed by atoms with Gasteiger partial charge < -0.3 is 24.3 Å². The predicted octanol–water partition coefficient (Wildman–Crippen LogP) is 6.19. The highest BCUT2D eigenvalue weighted by Crippen LogP contribution is 2.33. The fourth-order valence-electron chi connectivity index (χ4n) is 5.71. The monoisotopic (exact) mass is 566 g/mol. The van der Waals surface area contributed by atoms with E-state index in [0.717, 1.165) is 42.8 Å². The van der Waals surface area contributed by atoms with E-state index >= 15 is 0 Å². The molecule has 5 rings (SSSR count). The molecule has 2 atom stereocenters. The minimum atomic E-state index is -0.531. The molecular formula is C32H40F2N4O3. The average molecular weight is 567 g/mol. The predicted molar refractivity (Wildman–Crippen MR) is 153 cm³/mol. The third-order valence-electron chi connectivity index (χ3n) is 7.79. The quantitative estimate of drug-likeness (QED) is 0.352. The van der Waals surface area contributed by atoms with Crippen molar-refractivity contribution in [3.8, 4) is 11.3 Å². The highest BCUT2D eigenvalue weighted by molar-refractivity contribution is 5.68. The second-order valence-electron chi connectivity index (χ2n) is 12.1. The Bertz CT molecular complexity index is 1320. The summed E-state index contributed by atoms with van der Waals surface area (Å²) in [6.07, 6.45) is 4.17. The van der Waals surface area contributed by atoms with Crippen LogP contribution in [0, 0.1) is 23.5 Å². The van der Waals surface area contributed by atoms with Gasteiger partial charge in [-0.05, 0) is 75.6 Å².